The summed E-state index contributed by atoms with van der Waals surface area (Å²) in [5.41, 5.74) is 0. The fraction of sp³-hybridized carbons (Fsp3) is 0.875. The van der Waals surface area contributed by atoms with E-state index in [-0.39, 0.29) is 34.1 Å². The molecule has 6 heteroatoms. The fourth-order valence-corrected chi connectivity index (χ4v) is 1.56. The van der Waals surface area contributed by atoms with Crippen molar-refractivity contribution in [1.29, 1.82) is 0 Å². The second kappa shape index (κ2) is 17.3. The van der Waals surface area contributed by atoms with Gasteiger partial charge in [0.15, 0.2) is 0 Å². The van der Waals surface area contributed by atoms with Gasteiger partial charge in [-0.15, -0.1) is 0 Å². The van der Waals surface area contributed by atoms with Gasteiger partial charge in [0, 0.05) is 0 Å². The van der Waals surface area contributed by atoms with Crippen molar-refractivity contribution in [3.05, 3.63) is 10.6 Å². The molecular weight excluding hydrogens is 375 g/mol. The van der Waals surface area contributed by atoms with Gasteiger partial charge in [0.05, 0.1) is 0 Å². The molecule has 0 unspecified atom stereocenters. The number of aliphatic imine (C=N–C) groups is 2. The van der Waals surface area contributed by atoms with Crippen LogP contribution in [0.1, 0.15) is 69.2 Å². The Morgan fingerprint density at radius 3 is 0.955 bits per heavy atom. The van der Waals surface area contributed by atoms with Gasteiger partial charge in [-0.05, 0) is 38.0 Å². The van der Waals surface area contributed by atoms with E-state index >= 15 is 0 Å². The van der Waals surface area contributed by atoms with Crippen LogP contribution in [-0.4, -0.2) is 35.8 Å². The normalized spacial score (nSPS) is 11.7. The van der Waals surface area contributed by atoms with Crippen LogP contribution in [0.25, 0.3) is 10.6 Å². The van der Waals surface area contributed by atoms with Crippen molar-refractivity contribution in [2.24, 2.45) is 9.98 Å². The van der Waals surface area contributed by atoms with Crippen LogP contribution in [0.4, 0.5) is 0 Å². The molecule has 0 amide bonds. The van der Waals surface area contributed by atoms with Crippen molar-refractivity contribution in [3.63, 3.8) is 0 Å². The Balaban J connectivity index is -0.000000135. The van der Waals surface area contributed by atoms with E-state index in [2.05, 4.69) is 76.0 Å². The molecule has 0 spiro atoms. The van der Waals surface area contributed by atoms with E-state index in [1.165, 1.54) is 0 Å². The molecule has 0 N–H and O–H groups in total. The summed E-state index contributed by atoms with van der Waals surface area (Å²) in [5.74, 6) is 1.81. The molecule has 0 aromatic carbocycles. The standard InChI is InChI=1S/2C8H17N2.2Cu/c2*1-6(2)9-8(5)10-7(3)4;;/h2*6-7H,1-5H3;;/q2*-1;2*+1. The van der Waals surface area contributed by atoms with Gasteiger partial charge in [-0.3, -0.25) is 0 Å². The smallest absolute Gasteiger partial charge is 0.467 e. The molecule has 0 rings (SSSR count). The fourth-order valence-electron chi connectivity index (χ4n) is 1.56. The maximum Gasteiger partial charge on any atom is 1.00 e. The Bertz CT molecular complexity index is 269. The quantitative estimate of drug-likeness (QED) is 0.349. The van der Waals surface area contributed by atoms with Gasteiger partial charge in [-0.1, -0.05) is 67.1 Å². The average Bonchev–Trinajstić information content (AvgIpc) is 2.11. The Labute approximate surface area is 159 Å². The van der Waals surface area contributed by atoms with Crippen LogP contribution in [0.3, 0.4) is 0 Å². The van der Waals surface area contributed by atoms with E-state index in [0.29, 0.717) is 24.2 Å². The van der Waals surface area contributed by atoms with E-state index in [9.17, 15) is 0 Å². The van der Waals surface area contributed by atoms with Crippen LogP contribution in [0.15, 0.2) is 9.98 Å². The second-order valence-electron chi connectivity index (χ2n) is 5.99. The molecule has 0 radical (unpaired) electrons. The molecule has 0 fully saturated rings. The average molecular weight is 410 g/mol. The molecular formula is C16H34Cu2N4. The molecule has 0 atom stereocenters. The van der Waals surface area contributed by atoms with Gasteiger partial charge in [-0.2, -0.15) is 0 Å². The third-order valence-corrected chi connectivity index (χ3v) is 1.78. The van der Waals surface area contributed by atoms with Crippen LogP contribution >= 0.6 is 0 Å². The van der Waals surface area contributed by atoms with Crippen molar-refractivity contribution >= 4 is 11.7 Å². The van der Waals surface area contributed by atoms with Crippen LogP contribution in [0, 0.1) is 0 Å². The van der Waals surface area contributed by atoms with Crippen molar-refractivity contribution in [2.45, 2.75) is 93.4 Å². The Morgan fingerprint density at radius 1 is 0.591 bits per heavy atom. The van der Waals surface area contributed by atoms with Crippen LogP contribution in [0.5, 0.6) is 0 Å². The van der Waals surface area contributed by atoms with Gasteiger partial charge < -0.3 is 20.6 Å². The first kappa shape index (κ1) is 29.9. The van der Waals surface area contributed by atoms with Gasteiger partial charge >= 0.3 is 34.1 Å². The minimum absolute atomic E-state index is 0. The van der Waals surface area contributed by atoms with Gasteiger partial charge in [-0.25, -0.2) is 0 Å². The molecule has 0 aliphatic carbocycles. The molecule has 0 bridgehead atoms. The maximum absolute atomic E-state index is 4.27. The van der Waals surface area contributed by atoms with E-state index in [0.717, 1.165) is 11.7 Å². The van der Waals surface area contributed by atoms with E-state index in [1.54, 1.807) is 0 Å². The molecule has 0 saturated carbocycles. The minimum atomic E-state index is 0. The number of hydrogen-bond acceptors (Lipinski definition) is 2. The summed E-state index contributed by atoms with van der Waals surface area (Å²) in [5, 5.41) is 8.54. The summed E-state index contributed by atoms with van der Waals surface area (Å²) in [4.78, 5) is 8.54. The van der Waals surface area contributed by atoms with Crippen molar-refractivity contribution < 1.29 is 34.1 Å². The summed E-state index contributed by atoms with van der Waals surface area (Å²) < 4.78 is 0. The molecule has 0 aromatic rings. The molecule has 140 valence electrons. The zero-order valence-electron chi connectivity index (χ0n) is 15.7. The SMILES string of the molecule is CC(=NC(C)C)[N-]C(C)C.CC(=NC(C)C)[N-]C(C)C.[Cu+].[Cu+]. The molecule has 0 saturated heterocycles. The third kappa shape index (κ3) is 28.2. The molecule has 4 nitrogen and oxygen atoms in total. The first-order valence-corrected chi connectivity index (χ1v) is 7.55. The van der Waals surface area contributed by atoms with Crippen molar-refractivity contribution in [2.75, 3.05) is 0 Å². The maximum atomic E-state index is 4.27. The first-order chi connectivity index (χ1) is 9.04. The molecule has 0 heterocycles. The number of rotatable bonds is 4. The molecule has 0 aromatic heterocycles. The summed E-state index contributed by atoms with van der Waals surface area (Å²) in [6, 6.07) is 1.45. The number of nitrogens with zero attached hydrogens (tertiary/aromatic N) is 4. The Morgan fingerprint density at radius 2 is 0.818 bits per heavy atom. The zero-order chi connectivity index (χ0) is 16.3. The molecule has 0 aliphatic rings. The minimum Gasteiger partial charge on any atom is -0.467 e. The second-order valence-corrected chi connectivity index (χ2v) is 5.99. The Hall–Kier alpha value is -0.0210. The monoisotopic (exact) mass is 408 g/mol. The summed E-state index contributed by atoms with van der Waals surface area (Å²) in [6.45, 7) is 20.3. The van der Waals surface area contributed by atoms with Gasteiger partial charge in [0.25, 0.3) is 0 Å². The van der Waals surface area contributed by atoms with Crippen LogP contribution in [-0.2, 0) is 34.1 Å². The first-order valence-electron chi connectivity index (χ1n) is 7.55. The van der Waals surface area contributed by atoms with E-state index in [4.69, 9.17) is 0 Å². The van der Waals surface area contributed by atoms with Gasteiger partial charge in [0.2, 0.25) is 0 Å². The molecule has 0 aliphatic heterocycles. The Kier molecular flexibility index (Phi) is 23.6. The summed E-state index contributed by atoms with van der Waals surface area (Å²) >= 11 is 0. The largest absolute Gasteiger partial charge is 1.00 e. The molecule has 22 heavy (non-hydrogen) atoms. The predicted octanol–water partition coefficient (Wildman–Crippen LogP) is 5.19. The van der Waals surface area contributed by atoms with E-state index < -0.39 is 0 Å². The van der Waals surface area contributed by atoms with E-state index in [1.807, 2.05) is 13.8 Å². The summed E-state index contributed by atoms with van der Waals surface area (Å²) in [7, 11) is 0. The van der Waals surface area contributed by atoms with Crippen LogP contribution in [0.2, 0.25) is 0 Å². The third-order valence-electron chi connectivity index (χ3n) is 1.78. The predicted molar refractivity (Wildman–Crippen MR) is 93.5 cm³/mol. The van der Waals surface area contributed by atoms with Crippen LogP contribution < -0.4 is 0 Å². The van der Waals surface area contributed by atoms with Crippen molar-refractivity contribution in [3.8, 4) is 0 Å². The summed E-state index contributed by atoms with van der Waals surface area (Å²) in [6.07, 6.45) is 0. The van der Waals surface area contributed by atoms with Gasteiger partial charge in [0.1, 0.15) is 0 Å². The zero-order valence-corrected chi connectivity index (χ0v) is 17.6. The number of amidine groups is 2. The van der Waals surface area contributed by atoms with Crippen molar-refractivity contribution in [1.82, 2.24) is 0 Å². The topological polar surface area (TPSA) is 52.9 Å². The number of hydrogen-bond donors (Lipinski definition) is 0.